The van der Waals surface area contributed by atoms with Gasteiger partial charge in [0, 0.05) is 37.4 Å². The Kier molecular flexibility index (Phi) is 6.12. The number of thiophene rings is 1. The number of benzene rings is 1. The number of rotatable bonds is 8. The molecule has 0 radical (unpaired) electrons. The summed E-state index contributed by atoms with van der Waals surface area (Å²) in [5.74, 6) is 0.850. The van der Waals surface area contributed by atoms with Crippen molar-refractivity contribution in [2.75, 3.05) is 7.05 Å². The second-order valence-corrected chi connectivity index (χ2v) is 6.57. The SMILES string of the molecule is CN(Cc1ccc(OC(F)F)cc1)C(=O)CCc1nnc(-c2ccsc2)o1. The summed E-state index contributed by atoms with van der Waals surface area (Å²) in [5, 5.41) is 11.8. The molecule has 0 aliphatic carbocycles. The number of aromatic nitrogens is 2. The molecule has 0 bridgehead atoms. The van der Waals surface area contributed by atoms with Crippen molar-refractivity contribution in [2.45, 2.75) is 26.0 Å². The Morgan fingerprint density at radius 3 is 2.70 bits per heavy atom. The Bertz CT molecular complexity index is 866. The van der Waals surface area contributed by atoms with Crippen molar-refractivity contribution in [2.24, 2.45) is 0 Å². The molecule has 0 saturated heterocycles. The van der Waals surface area contributed by atoms with Gasteiger partial charge in [-0.15, -0.1) is 10.2 Å². The minimum absolute atomic E-state index is 0.0838. The number of hydrogen-bond acceptors (Lipinski definition) is 6. The molecule has 0 atom stereocenters. The van der Waals surface area contributed by atoms with E-state index in [1.807, 2.05) is 16.8 Å². The maximum Gasteiger partial charge on any atom is 0.387 e. The molecule has 0 fully saturated rings. The molecular weight excluding hydrogens is 376 g/mol. The summed E-state index contributed by atoms with van der Waals surface area (Å²) in [7, 11) is 1.68. The summed E-state index contributed by atoms with van der Waals surface area (Å²) in [5.41, 5.74) is 1.67. The van der Waals surface area contributed by atoms with Crippen LogP contribution < -0.4 is 4.74 Å². The largest absolute Gasteiger partial charge is 0.435 e. The predicted octanol–water partition coefficient (Wildman–Crippen LogP) is 3.99. The molecule has 2 aromatic heterocycles. The summed E-state index contributed by atoms with van der Waals surface area (Å²) in [6, 6.07) is 8.08. The summed E-state index contributed by atoms with van der Waals surface area (Å²) >= 11 is 1.54. The average molecular weight is 393 g/mol. The van der Waals surface area contributed by atoms with Crippen molar-refractivity contribution in [3.8, 4) is 17.2 Å². The number of aryl methyl sites for hydroxylation is 1. The van der Waals surface area contributed by atoms with E-state index < -0.39 is 6.61 Å². The zero-order valence-corrected chi connectivity index (χ0v) is 15.3. The van der Waals surface area contributed by atoms with Gasteiger partial charge < -0.3 is 14.1 Å². The average Bonchev–Trinajstić information content (AvgIpc) is 3.32. The van der Waals surface area contributed by atoms with E-state index in [0.29, 0.717) is 24.7 Å². The molecular formula is C18H17F2N3O3S. The van der Waals surface area contributed by atoms with Gasteiger partial charge in [-0.1, -0.05) is 12.1 Å². The molecule has 142 valence electrons. The smallest absolute Gasteiger partial charge is 0.387 e. The van der Waals surface area contributed by atoms with Crippen LogP contribution in [-0.4, -0.2) is 34.7 Å². The quantitative estimate of drug-likeness (QED) is 0.579. The van der Waals surface area contributed by atoms with E-state index in [2.05, 4.69) is 14.9 Å². The molecule has 1 amide bonds. The third kappa shape index (κ3) is 5.33. The van der Waals surface area contributed by atoms with Gasteiger partial charge in [-0.3, -0.25) is 4.79 Å². The Morgan fingerprint density at radius 2 is 2.04 bits per heavy atom. The summed E-state index contributed by atoms with van der Waals surface area (Å²) in [4.78, 5) is 13.8. The first kappa shape index (κ1) is 19.0. The van der Waals surface area contributed by atoms with Gasteiger partial charge in [0.05, 0.1) is 0 Å². The molecule has 0 saturated carbocycles. The van der Waals surface area contributed by atoms with Gasteiger partial charge in [-0.05, 0) is 29.1 Å². The molecule has 27 heavy (non-hydrogen) atoms. The highest BCUT2D eigenvalue weighted by atomic mass is 32.1. The maximum atomic E-state index is 12.3. The third-order valence-electron chi connectivity index (χ3n) is 3.78. The molecule has 1 aromatic carbocycles. The number of hydrogen-bond donors (Lipinski definition) is 0. The first-order chi connectivity index (χ1) is 13.0. The van der Waals surface area contributed by atoms with Gasteiger partial charge in [-0.2, -0.15) is 20.1 Å². The van der Waals surface area contributed by atoms with Crippen LogP contribution in [0.15, 0.2) is 45.5 Å². The summed E-state index contributed by atoms with van der Waals surface area (Å²) in [6.45, 7) is -2.50. The molecule has 2 heterocycles. The first-order valence-electron chi connectivity index (χ1n) is 8.14. The fourth-order valence-electron chi connectivity index (χ4n) is 2.40. The van der Waals surface area contributed by atoms with Crippen LogP contribution in [0, 0.1) is 0 Å². The van der Waals surface area contributed by atoms with E-state index in [-0.39, 0.29) is 18.1 Å². The van der Waals surface area contributed by atoms with Gasteiger partial charge in [-0.25, -0.2) is 0 Å². The monoisotopic (exact) mass is 393 g/mol. The van der Waals surface area contributed by atoms with Gasteiger partial charge in [0.2, 0.25) is 17.7 Å². The van der Waals surface area contributed by atoms with Crippen LogP contribution in [-0.2, 0) is 17.8 Å². The Labute approximate surface area is 158 Å². The van der Waals surface area contributed by atoms with Gasteiger partial charge in [0.15, 0.2) is 0 Å². The normalized spacial score (nSPS) is 11.0. The fourth-order valence-corrected chi connectivity index (χ4v) is 3.03. The Balaban J connectivity index is 1.49. The first-order valence-corrected chi connectivity index (χ1v) is 9.08. The topological polar surface area (TPSA) is 68.5 Å². The van der Waals surface area contributed by atoms with E-state index in [1.165, 1.54) is 23.5 Å². The van der Waals surface area contributed by atoms with Crippen molar-refractivity contribution in [1.29, 1.82) is 0 Å². The summed E-state index contributed by atoms with van der Waals surface area (Å²) < 4.78 is 34.2. The lowest BCUT2D eigenvalue weighted by Gasteiger charge is -2.17. The van der Waals surface area contributed by atoms with Crippen molar-refractivity contribution in [3.63, 3.8) is 0 Å². The van der Waals surface area contributed by atoms with Gasteiger partial charge in [0.25, 0.3) is 0 Å². The molecule has 0 spiro atoms. The number of amides is 1. The standard InChI is InChI=1S/C18H17F2N3O3S/c1-23(10-12-2-4-14(5-3-12)25-18(19)20)16(24)7-6-15-21-22-17(26-15)13-8-9-27-11-13/h2-5,8-9,11,18H,6-7,10H2,1H3. The minimum atomic E-state index is -2.86. The molecule has 6 nitrogen and oxygen atoms in total. The van der Waals surface area contributed by atoms with Gasteiger partial charge in [0.1, 0.15) is 5.75 Å². The molecule has 0 aliphatic heterocycles. The second kappa shape index (κ2) is 8.72. The number of halogens is 2. The van der Waals surface area contributed by atoms with Crippen LogP contribution in [0.5, 0.6) is 5.75 Å². The lowest BCUT2D eigenvalue weighted by atomic mass is 10.2. The number of alkyl halides is 2. The molecule has 9 heteroatoms. The van der Waals surface area contributed by atoms with Crippen LogP contribution in [0.4, 0.5) is 8.78 Å². The third-order valence-corrected chi connectivity index (χ3v) is 4.46. The van der Waals surface area contributed by atoms with Crippen molar-refractivity contribution >= 4 is 17.2 Å². The number of carbonyl (C=O) groups excluding carboxylic acids is 1. The highest BCUT2D eigenvalue weighted by Crippen LogP contribution is 2.21. The number of nitrogens with zero attached hydrogens (tertiary/aromatic N) is 3. The van der Waals surface area contributed by atoms with Crippen molar-refractivity contribution < 1.29 is 22.7 Å². The Morgan fingerprint density at radius 1 is 1.26 bits per heavy atom. The van der Waals surface area contributed by atoms with E-state index in [4.69, 9.17) is 4.42 Å². The minimum Gasteiger partial charge on any atom is -0.435 e. The lowest BCUT2D eigenvalue weighted by molar-refractivity contribution is -0.130. The summed E-state index contributed by atoms with van der Waals surface area (Å²) in [6.07, 6.45) is 0.579. The number of carbonyl (C=O) groups is 1. The second-order valence-electron chi connectivity index (χ2n) is 5.79. The van der Waals surface area contributed by atoms with Crippen LogP contribution in [0.3, 0.4) is 0 Å². The molecule has 0 unspecified atom stereocenters. The fraction of sp³-hybridized carbons (Fsp3) is 0.278. The maximum absolute atomic E-state index is 12.3. The molecule has 0 aliphatic rings. The Hall–Kier alpha value is -2.81. The van der Waals surface area contributed by atoms with Crippen molar-refractivity contribution in [1.82, 2.24) is 15.1 Å². The van der Waals surface area contributed by atoms with E-state index in [9.17, 15) is 13.6 Å². The van der Waals surface area contributed by atoms with E-state index in [1.54, 1.807) is 24.1 Å². The van der Waals surface area contributed by atoms with Crippen LogP contribution >= 0.6 is 11.3 Å². The van der Waals surface area contributed by atoms with Gasteiger partial charge >= 0.3 is 6.61 Å². The van der Waals surface area contributed by atoms with Crippen molar-refractivity contribution in [3.05, 3.63) is 52.5 Å². The molecule has 3 aromatic rings. The number of ether oxygens (including phenoxy) is 1. The predicted molar refractivity (Wildman–Crippen MR) is 95.5 cm³/mol. The van der Waals surface area contributed by atoms with E-state index >= 15 is 0 Å². The van der Waals surface area contributed by atoms with E-state index in [0.717, 1.165) is 11.1 Å². The highest BCUT2D eigenvalue weighted by molar-refractivity contribution is 7.08. The highest BCUT2D eigenvalue weighted by Gasteiger charge is 2.14. The molecule has 0 N–H and O–H groups in total. The van der Waals surface area contributed by atoms with Crippen LogP contribution in [0.2, 0.25) is 0 Å². The zero-order valence-electron chi connectivity index (χ0n) is 14.5. The van der Waals surface area contributed by atoms with Crippen LogP contribution in [0.1, 0.15) is 17.9 Å². The lowest BCUT2D eigenvalue weighted by Crippen LogP contribution is -2.26. The molecule has 3 rings (SSSR count). The zero-order chi connectivity index (χ0) is 19.2. The van der Waals surface area contributed by atoms with Crippen LogP contribution in [0.25, 0.3) is 11.5 Å².